The first-order chi connectivity index (χ1) is 7.44. The van der Waals surface area contributed by atoms with Crippen LogP contribution in [-0.4, -0.2) is 22.4 Å². The molecule has 0 aliphatic carbocycles. The van der Waals surface area contributed by atoms with E-state index in [9.17, 15) is 10.2 Å². The molecule has 16 heavy (non-hydrogen) atoms. The van der Waals surface area contributed by atoms with Crippen LogP contribution in [-0.2, 0) is 6.54 Å². The molecule has 0 aliphatic heterocycles. The van der Waals surface area contributed by atoms with Gasteiger partial charge >= 0.3 is 0 Å². The van der Waals surface area contributed by atoms with E-state index in [4.69, 9.17) is 0 Å². The van der Waals surface area contributed by atoms with Crippen molar-refractivity contribution in [1.82, 2.24) is 5.32 Å². The van der Waals surface area contributed by atoms with Crippen LogP contribution in [0, 0.1) is 0 Å². The van der Waals surface area contributed by atoms with Crippen LogP contribution in [0.5, 0.6) is 5.75 Å². The Kier molecular flexibility index (Phi) is 4.77. The smallest absolute Gasteiger partial charge is 0.129 e. The SMILES string of the molecule is CCC(C)(O)CNCc1ccc(O)c(Br)c1. The highest BCUT2D eigenvalue weighted by molar-refractivity contribution is 9.10. The fraction of sp³-hybridized carbons (Fsp3) is 0.500. The van der Waals surface area contributed by atoms with Crippen molar-refractivity contribution in [1.29, 1.82) is 0 Å². The van der Waals surface area contributed by atoms with E-state index in [0.717, 1.165) is 12.0 Å². The second kappa shape index (κ2) is 5.66. The summed E-state index contributed by atoms with van der Waals surface area (Å²) in [6.45, 7) is 5.00. The lowest BCUT2D eigenvalue weighted by atomic mass is 10.0. The summed E-state index contributed by atoms with van der Waals surface area (Å²) in [5.74, 6) is 0.240. The maximum Gasteiger partial charge on any atom is 0.129 e. The summed E-state index contributed by atoms with van der Waals surface area (Å²) in [5, 5.41) is 22.3. The summed E-state index contributed by atoms with van der Waals surface area (Å²) in [4.78, 5) is 0. The Bertz CT molecular complexity index is 353. The molecule has 1 aromatic carbocycles. The molecule has 0 spiro atoms. The molecule has 0 saturated heterocycles. The largest absolute Gasteiger partial charge is 0.507 e. The molecule has 3 nitrogen and oxygen atoms in total. The lowest BCUT2D eigenvalue weighted by Crippen LogP contribution is -2.36. The van der Waals surface area contributed by atoms with E-state index in [0.29, 0.717) is 17.6 Å². The second-order valence-corrected chi connectivity index (χ2v) is 5.09. The zero-order valence-corrected chi connectivity index (χ0v) is 11.2. The van der Waals surface area contributed by atoms with E-state index >= 15 is 0 Å². The Labute approximate surface area is 105 Å². The number of hydrogen-bond donors (Lipinski definition) is 3. The van der Waals surface area contributed by atoms with E-state index in [2.05, 4.69) is 21.2 Å². The Morgan fingerprint density at radius 2 is 2.12 bits per heavy atom. The van der Waals surface area contributed by atoms with E-state index in [1.54, 1.807) is 6.07 Å². The minimum Gasteiger partial charge on any atom is -0.507 e. The number of phenolic OH excluding ortho intramolecular Hbond substituents is 1. The maximum atomic E-state index is 9.79. The standard InChI is InChI=1S/C12H18BrNO2/c1-3-12(2,16)8-14-7-9-4-5-11(15)10(13)6-9/h4-6,14-16H,3,7-8H2,1-2H3. The van der Waals surface area contributed by atoms with Gasteiger partial charge in [0, 0.05) is 13.1 Å². The number of hydrogen-bond acceptors (Lipinski definition) is 3. The molecule has 0 aromatic heterocycles. The maximum absolute atomic E-state index is 9.79. The van der Waals surface area contributed by atoms with Crippen molar-refractivity contribution in [3.63, 3.8) is 0 Å². The van der Waals surface area contributed by atoms with Gasteiger partial charge < -0.3 is 15.5 Å². The number of rotatable bonds is 5. The third kappa shape index (κ3) is 4.12. The molecule has 1 atom stereocenters. The highest BCUT2D eigenvalue weighted by Gasteiger charge is 2.16. The zero-order valence-electron chi connectivity index (χ0n) is 9.63. The van der Waals surface area contributed by atoms with Gasteiger partial charge in [0.15, 0.2) is 0 Å². The molecule has 3 N–H and O–H groups in total. The Balaban J connectivity index is 2.46. The van der Waals surface area contributed by atoms with E-state index in [-0.39, 0.29) is 5.75 Å². The van der Waals surface area contributed by atoms with Crippen LogP contribution in [0.2, 0.25) is 0 Å². The van der Waals surface area contributed by atoms with Crippen LogP contribution in [0.15, 0.2) is 22.7 Å². The van der Waals surface area contributed by atoms with Gasteiger partial charge in [-0.3, -0.25) is 0 Å². The molecule has 0 radical (unpaired) electrons. The molecule has 0 heterocycles. The second-order valence-electron chi connectivity index (χ2n) is 4.24. The predicted octanol–water partition coefficient (Wildman–Crippen LogP) is 2.41. The number of benzene rings is 1. The van der Waals surface area contributed by atoms with Gasteiger partial charge in [-0.1, -0.05) is 13.0 Å². The molecule has 1 rings (SSSR count). The quantitative estimate of drug-likeness (QED) is 0.780. The minimum atomic E-state index is -0.659. The normalized spacial score (nSPS) is 14.8. The molecule has 1 aromatic rings. The molecule has 0 fully saturated rings. The summed E-state index contributed by atoms with van der Waals surface area (Å²) in [6, 6.07) is 5.37. The molecule has 90 valence electrons. The van der Waals surface area contributed by atoms with Crippen molar-refractivity contribution < 1.29 is 10.2 Å². The number of nitrogens with one attached hydrogen (secondary N) is 1. The van der Waals surface area contributed by atoms with Crippen LogP contribution in [0.25, 0.3) is 0 Å². The number of phenols is 1. The van der Waals surface area contributed by atoms with Gasteiger partial charge in [0.25, 0.3) is 0 Å². The van der Waals surface area contributed by atoms with Crippen LogP contribution in [0.3, 0.4) is 0 Å². The van der Waals surface area contributed by atoms with Crippen molar-refractivity contribution in [3.05, 3.63) is 28.2 Å². The van der Waals surface area contributed by atoms with Gasteiger partial charge in [0.2, 0.25) is 0 Å². The van der Waals surface area contributed by atoms with Crippen molar-refractivity contribution in [2.24, 2.45) is 0 Å². The number of aromatic hydroxyl groups is 1. The van der Waals surface area contributed by atoms with E-state index < -0.39 is 5.60 Å². The van der Waals surface area contributed by atoms with Crippen LogP contribution < -0.4 is 5.32 Å². The fourth-order valence-electron chi connectivity index (χ4n) is 1.26. The fourth-order valence-corrected chi connectivity index (χ4v) is 1.69. The average Bonchev–Trinajstić information content (AvgIpc) is 2.23. The lowest BCUT2D eigenvalue weighted by Gasteiger charge is -2.21. The molecule has 1 unspecified atom stereocenters. The Morgan fingerprint density at radius 1 is 1.44 bits per heavy atom. The predicted molar refractivity (Wildman–Crippen MR) is 68.4 cm³/mol. The highest BCUT2D eigenvalue weighted by atomic mass is 79.9. The number of aliphatic hydroxyl groups is 1. The average molecular weight is 288 g/mol. The van der Waals surface area contributed by atoms with Crippen LogP contribution >= 0.6 is 15.9 Å². The summed E-state index contributed by atoms with van der Waals surface area (Å²) < 4.78 is 0.689. The molecular weight excluding hydrogens is 270 g/mol. The van der Waals surface area contributed by atoms with Gasteiger partial charge in [-0.25, -0.2) is 0 Å². The van der Waals surface area contributed by atoms with Crippen LogP contribution in [0.1, 0.15) is 25.8 Å². The third-order valence-corrected chi connectivity index (χ3v) is 3.24. The van der Waals surface area contributed by atoms with Crippen LogP contribution in [0.4, 0.5) is 0 Å². The molecule has 4 heteroatoms. The van der Waals surface area contributed by atoms with Crippen molar-refractivity contribution in [2.45, 2.75) is 32.4 Å². The molecule has 0 saturated carbocycles. The van der Waals surface area contributed by atoms with E-state index in [1.165, 1.54) is 0 Å². The van der Waals surface area contributed by atoms with Gasteiger partial charge in [0.1, 0.15) is 5.75 Å². The molecular formula is C12H18BrNO2. The Hall–Kier alpha value is -0.580. The monoisotopic (exact) mass is 287 g/mol. The first kappa shape index (κ1) is 13.5. The Morgan fingerprint density at radius 3 is 2.69 bits per heavy atom. The number of halogens is 1. The first-order valence-electron chi connectivity index (χ1n) is 5.35. The zero-order chi connectivity index (χ0) is 12.2. The summed E-state index contributed by atoms with van der Waals surface area (Å²) in [5.41, 5.74) is 0.408. The van der Waals surface area contributed by atoms with Crippen molar-refractivity contribution >= 4 is 15.9 Å². The van der Waals surface area contributed by atoms with Gasteiger partial charge in [-0.05, 0) is 47.0 Å². The summed E-state index contributed by atoms with van der Waals surface area (Å²) >= 11 is 3.26. The topological polar surface area (TPSA) is 52.5 Å². The minimum absolute atomic E-state index is 0.240. The molecule has 0 bridgehead atoms. The third-order valence-electron chi connectivity index (χ3n) is 2.61. The van der Waals surface area contributed by atoms with Gasteiger partial charge in [-0.15, -0.1) is 0 Å². The first-order valence-corrected chi connectivity index (χ1v) is 6.14. The van der Waals surface area contributed by atoms with Gasteiger partial charge in [0.05, 0.1) is 10.1 Å². The lowest BCUT2D eigenvalue weighted by molar-refractivity contribution is 0.0555. The van der Waals surface area contributed by atoms with Crippen molar-refractivity contribution in [3.8, 4) is 5.75 Å². The van der Waals surface area contributed by atoms with Gasteiger partial charge in [-0.2, -0.15) is 0 Å². The summed E-state index contributed by atoms with van der Waals surface area (Å²) in [6.07, 6.45) is 0.722. The highest BCUT2D eigenvalue weighted by Crippen LogP contribution is 2.24. The molecule has 0 amide bonds. The molecule has 0 aliphatic rings. The van der Waals surface area contributed by atoms with E-state index in [1.807, 2.05) is 26.0 Å². The summed E-state index contributed by atoms with van der Waals surface area (Å²) in [7, 11) is 0. The van der Waals surface area contributed by atoms with Crippen molar-refractivity contribution in [2.75, 3.05) is 6.54 Å².